The summed E-state index contributed by atoms with van der Waals surface area (Å²) in [5.74, 6) is -0.0525. The average molecular weight is 530 g/mol. The SMILES string of the molecule is COc1ccc(C(=O)Oc2ccc(C(O)CNC(C)(C)C)cc2OC(=O)c2ccc(OC)cc2)cc1.Cl. The molecule has 0 radical (unpaired) electrons. The van der Waals surface area contributed by atoms with Gasteiger partial charge in [0.25, 0.3) is 0 Å². The summed E-state index contributed by atoms with van der Waals surface area (Å²) in [5.41, 5.74) is 0.872. The summed E-state index contributed by atoms with van der Waals surface area (Å²) in [7, 11) is 3.06. The van der Waals surface area contributed by atoms with Crippen LogP contribution in [0.25, 0.3) is 0 Å². The normalized spacial score (nSPS) is 11.6. The van der Waals surface area contributed by atoms with Gasteiger partial charge in [-0.25, -0.2) is 9.59 Å². The molecule has 198 valence electrons. The molecule has 0 amide bonds. The van der Waals surface area contributed by atoms with E-state index in [0.29, 0.717) is 22.6 Å². The standard InChI is InChI=1S/C28H31NO7.ClH/c1-28(2,3)29-17-23(30)20-10-15-24(35-26(31)18-6-11-21(33-4)12-7-18)25(16-20)36-27(32)19-8-13-22(34-5)14-9-19;/h6-16,23,29-30H,17H2,1-5H3;1H. The lowest BCUT2D eigenvalue weighted by Crippen LogP contribution is -2.38. The minimum absolute atomic E-state index is 0. The molecule has 0 aliphatic carbocycles. The highest BCUT2D eigenvalue weighted by atomic mass is 35.5. The van der Waals surface area contributed by atoms with Gasteiger partial charge in [-0.3, -0.25) is 0 Å². The maximum atomic E-state index is 12.8. The Morgan fingerprint density at radius 3 is 1.68 bits per heavy atom. The number of nitrogens with one attached hydrogen (secondary N) is 1. The van der Waals surface area contributed by atoms with E-state index in [-0.39, 0.29) is 41.6 Å². The van der Waals surface area contributed by atoms with Gasteiger partial charge in [0.1, 0.15) is 11.5 Å². The smallest absolute Gasteiger partial charge is 0.343 e. The number of rotatable bonds is 9. The Kier molecular flexibility index (Phi) is 10.5. The Morgan fingerprint density at radius 1 is 0.784 bits per heavy atom. The van der Waals surface area contributed by atoms with Gasteiger partial charge in [0.2, 0.25) is 0 Å². The molecule has 0 aliphatic rings. The molecule has 8 nitrogen and oxygen atoms in total. The van der Waals surface area contributed by atoms with Crippen LogP contribution >= 0.6 is 12.4 Å². The van der Waals surface area contributed by atoms with Crippen LogP contribution < -0.4 is 24.3 Å². The van der Waals surface area contributed by atoms with Crippen molar-refractivity contribution in [2.45, 2.75) is 32.4 Å². The van der Waals surface area contributed by atoms with Gasteiger partial charge in [-0.1, -0.05) is 6.07 Å². The van der Waals surface area contributed by atoms with E-state index in [1.807, 2.05) is 20.8 Å². The van der Waals surface area contributed by atoms with Crippen molar-refractivity contribution in [1.82, 2.24) is 5.32 Å². The topological polar surface area (TPSA) is 103 Å². The van der Waals surface area contributed by atoms with Crippen molar-refractivity contribution >= 4 is 24.3 Å². The molecule has 0 saturated heterocycles. The molecule has 3 aromatic carbocycles. The van der Waals surface area contributed by atoms with E-state index in [1.165, 1.54) is 26.4 Å². The van der Waals surface area contributed by atoms with E-state index >= 15 is 0 Å². The van der Waals surface area contributed by atoms with E-state index in [0.717, 1.165) is 0 Å². The van der Waals surface area contributed by atoms with Crippen LogP contribution in [0, 0.1) is 0 Å². The molecule has 3 aromatic rings. The number of benzene rings is 3. The first-order valence-electron chi connectivity index (χ1n) is 11.4. The largest absolute Gasteiger partial charge is 0.497 e. The van der Waals surface area contributed by atoms with Crippen LogP contribution in [-0.2, 0) is 0 Å². The van der Waals surface area contributed by atoms with Gasteiger partial charge in [0, 0.05) is 12.1 Å². The predicted molar refractivity (Wildman–Crippen MR) is 142 cm³/mol. The molecule has 9 heteroatoms. The lowest BCUT2D eigenvalue weighted by molar-refractivity contribution is 0.0681. The maximum absolute atomic E-state index is 12.8. The fourth-order valence-corrected chi connectivity index (χ4v) is 3.19. The number of ether oxygens (including phenoxy) is 4. The first kappa shape index (κ1) is 29.6. The minimum atomic E-state index is -0.881. The lowest BCUT2D eigenvalue weighted by atomic mass is 10.1. The van der Waals surface area contributed by atoms with Crippen molar-refractivity contribution in [2.24, 2.45) is 0 Å². The second-order valence-corrected chi connectivity index (χ2v) is 9.09. The summed E-state index contributed by atoms with van der Waals surface area (Å²) in [6.45, 7) is 6.25. The van der Waals surface area contributed by atoms with E-state index in [2.05, 4.69) is 5.32 Å². The summed E-state index contributed by atoms with van der Waals surface area (Å²) in [6.07, 6.45) is -0.881. The number of β-amino-alcohol motifs (C(OH)–C–C–N with tert-alkyl or cyclic N) is 1. The number of hydrogen-bond donors (Lipinski definition) is 2. The molecule has 1 unspecified atom stereocenters. The Morgan fingerprint density at radius 2 is 1.24 bits per heavy atom. The second-order valence-electron chi connectivity index (χ2n) is 9.09. The van der Waals surface area contributed by atoms with Crippen LogP contribution in [-0.4, -0.2) is 43.3 Å². The number of carbonyl (C=O) groups excluding carboxylic acids is 2. The van der Waals surface area contributed by atoms with Crippen molar-refractivity contribution < 1.29 is 33.6 Å². The van der Waals surface area contributed by atoms with Crippen LogP contribution in [0.2, 0.25) is 0 Å². The van der Waals surface area contributed by atoms with Gasteiger partial charge in [0.05, 0.1) is 31.5 Å². The first-order valence-corrected chi connectivity index (χ1v) is 11.4. The molecular formula is C28H32ClNO7. The number of esters is 2. The fraction of sp³-hybridized carbons (Fsp3) is 0.286. The van der Waals surface area contributed by atoms with Crippen molar-refractivity contribution in [1.29, 1.82) is 0 Å². The van der Waals surface area contributed by atoms with Crippen molar-refractivity contribution in [3.63, 3.8) is 0 Å². The molecule has 2 N–H and O–H groups in total. The third kappa shape index (κ3) is 8.49. The van der Waals surface area contributed by atoms with Gasteiger partial charge < -0.3 is 29.4 Å². The van der Waals surface area contributed by atoms with Crippen molar-refractivity contribution in [2.75, 3.05) is 20.8 Å². The zero-order valence-corrected chi connectivity index (χ0v) is 22.3. The number of halogens is 1. The zero-order valence-electron chi connectivity index (χ0n) is 21.4. The summed E-state index contributed by atoms with van der Waals surface area (Å²) >= 11 is 0. The number of carbonyl (C=O) groups is 2. The van der Waals surface area contributed by atoms with Crippen LogP contribution in [0.5, 0.6) is 23.0 Å². The van der Waals surface area contributed by atoms with Gasteiger partial charge in [-0.15, -0.1) is 12.4 Å². The highest BCUT2D eigenvalue weighted by Crippen LogP contribution is 2.32. The molecule has 0 heterocycles. The van der Waals surface area contributed by atoms with Gasteiger partial charge in [-0.2, -0.15) is 0 Å². The third-order valence-electron chi connectivity index (χ3n) is 5.24. The highest BCUT2D eigenvalue weighted by Gasteiger charge is 2.20. The Bertz CT molecular complexity index is 1190. The van der Waals surface area contributed by atoms with Crippen molar-refractivity contribution in [3.8, 4) is 23.0 Å². The van der Waals surface area contributed by atoms with E-state index < -0.39 is 18.0 Å². The van der Waals surface area contributed by atoms with Crippen LogP contribution in [0.3, 0.4) is 0 Å². The average Bonchev–Trinajstić information content (AvgIpc) is 2.87. The number of methoxy groups -OCH3 is 2. The van der Waals surface area contributed by atoms with E-state index in [9.17, 15) is 14.7 Å². The molecule has 0 aromatic heterocycles. The first-order chi connectivity index (χ1) is 17.1. The highest BCUT2D eigenvalue weighted by molar-refractivity contribution is 5.93. The second kappa shape index (κ2) is 13.1. The molecule has 3 rings (SSSR count). The molecule has 0 saturated carbocycles. The van der Waals surface area contributed by atoms with E-state index in [4.69, 9.17) is 18.9 Å². The molecule has 0 spiro atoms. The quantitative estimate of drug-likeness (QED) is 0.295. The molecule has 0 aliphatic heterocycles. The maximum Gasteiger partial charge on any atom is 0.343 e. The minimum Gasteiger partial charge on any atom is -0.497 e. The molecule has 0 fully saturated rings. The van der Waals surface area contributed by atoms with Gasteiger partial charge >= 0.3 is 11.9 Å². The lowest BCUT2D eigenvalue weighted by Gasteiger charge is -2.23. The van der Waals surface area contributed by atoms with Crippen LogP contribution in [0.15, 0.2) is 66.7 Å². The van der Waals surface area contributed by atoms with Crippen molar-refractivity contribution in [3.05, 3.63) is 83.4 Å². The summed E-state index contributed by atoms with van der Waals surface area (Å²) in [4.78, 5) is 25.6. The fourth-order valence-electron chi connectivity index (χ4n) is 3.19. The van der Waals surface area contributed by atoms with Gasteiger partial charge in [0.15, 0.2) is 11.5 Å². The van der Waals surface area contributed by atoms with E-state index in [1.54, 1.807) is 54.6 Å². The van der Waals surface area contributed by atoms with Gasteiger partial charge in [-0.05, 0) is 87.0 Å². The van der Waals surface area contributed by atoms with Crippen LogP contribution in [0.1, 0.15) is 53.2 Å². The molecule has 1 atom stereocenters. The molecular weight excluding hydrogens is 498 g/mol. The van der Waals surface area contributed by atoms with Crippen LogP contribution in [0.4, 0.5) is 0 Å². The Hall–Kier alpha value is -3.59. The predicted octanol–water partition coefficient (Wildman–Crippen LogP) is 4.99. The Labute approximate surface area is 222 Å². The number of hydrogen-bond acceptors (Lipinski definition) is 8. The third-order valence-corrected chi connectivity index (χ3v) is 5.24. The summed E-state index contributed by atoms with van der Waals surface area (Å²) in [6, 6.07) is 17.4. The monoisotopic (exact) mass is 529 g/mol. The molecule has 37 heavy (non-hydrogen) atoms. The molecule has 0 bridgehead atoms. The number of aliphatic hydroxyl groups is 1. The zero-order chi connectivity index (χ0) is 26.3. The summed E-state index contributed by atoms with van der Waals surface area (Å²) in [5, 5.41) is 13.9. The Balaban J connectivity index is 0.00000481. The summed E-state index contributed by atoms with van der Waals surface area (Å²) < 4.78 is 21.4. The number of aliphatic hydroxyl groups excluding tert-OH is 1.